The van der Waals surface area contributed by atoms with Crippen molar-refractivity contribution in [3.8, 4) is 0 Å². The molecule has 0 radical (unpaired) electrons. The molecule has 2 rings (SSSR count). The van der Waals surface area contributed by atoms with E-state index in [1.165, 1.54) is 13.5 Å². The molecule has 5 heteroatoms. The summed E-state index contributed by atoms with van der Waals surface area (Å²) >= 11 is 0. The van der Waals surface area contributed by atoms with Crippen LogP contribution in [0.2, 0.25) is 0 Å². The van der Waals surface area contributed by atoms with Gasteiger partial charge in [0, 0.05) is 20.3 Å². The average molecular weight is 238 g/mol. The standard InChI is InChI=1S/C9H12N2O2.C3H6O/c1-11-8-5-6(9(12)13-2)3-4-7(8)10;1-2-4-3-1/h3-5,11H,10H2,1-2H3;1-3H2. The molecule has 1 aromatic carbocycles. The average Bonchev–Trinajstić information content (AvgIpc) is 2.26. The molecule has 0 saturated carbocycles. The summed E-state index contributed by atoms with van der Waals surface area (Å²) in [4.78, 5) is 11.1. The van der Waals surface area contributed by atoms with Crippen LogP contribution in [0, 0.1) is 0 Å². The van der Waals surface area contributed by atoms with Crippen LogP contribution in [0.3, 0.4) is 0 Å². The van der Waals surface area contributed by atoms with Gasteiger partial charge in [0.1, 0.15) is 0 Å². The van der Waals surface area contributed by atoms with Gasteiger partial charge in [-0.15, -0.1) is 0 Å². The van der Waals surface area contributed by atoms with Gasteiger partial charge in [-0.25, -0.2) is 4.79 Å². The Kier molecular flexibility index (Phi) is 5.29. The third kappa shape index (κ3) is 3.96. The zero-order valence-electron chi connectivity index (χ0n) is 10.2. The Morgan fingerprint density at radius 2 is 2.06 bits per heavy atom. The van der Waals surface area contributed by atoms with Crippen molar-refractivity contribution in [1.82, 2.24) is 0 Å². The number of carbonyl (C=O) groups is 1. The van der Waals surface area contributed by atoms with E-state index in [4.69, 9.17) is 10.5 Å². The van der Waals surface area contributed by atoms with E-state index in [0.717, 1.165) is 18.9 Å². The summed E-state index contributed by atoms with van der Waals surface area (Å²) in [6, 6.07) is 4.95. The number of nitrogens with one attached hydrogen (secondary N) is 1. The monoisotopic (exact) mass is 238 g/mol. The molecule has 0 bridgehead atoms. The summed E-state index contributed by atoms with van der Waals surface area (Å²) < 4.78 is 9.29. The number of esters is 1. The fourth-order valence-electron chi connectivity index (χ4n) is 1.16. The molecule has 0 amide bonds. The molecule has 1 saturated heterocycles. The van der Waals surface area contributed by atoms with Gasteiger partial charge in [0.2, 0.25) is 0 Å². The van der Waals surface area contributed by atoms with Gasteiger partial charge in [0.25, 0.3) is 0 Å². The smallest absolute Gasteiger partial charge is 0.337 e. The van der Waals surface area contributed by atoms with E-state index in [9.17, 15) is 4.79 Å². The fourth-order valence-corrected chi connectivity index (χ4v) is 1.16. The minimum atomic E-state index is -0.364. The molecule has 0 spiro atoms. The second-order valence-corrected chi connectivity index (χ2v) is 3.51. The molecule has 1 aromatic rings. The van der Waals surface area contributed by atoms with E-state index in [0.29, 0.717) is 11.3 Å². The molecule has 0 aliphatic carbocycles. The largest absolute Gasteiger partial charge is 0.465 e. The molecule has 0 unspecified atom stereocenters. The molecule has 1 aliphatic rings. The lowest BCUT2D eigenvalue weighted by Gasteiger charge is -2.09. The van der Waals surface area contributed by atoms with E-state index < -0.39 is 0 Å². The molecular weight excluding hydrogens is 220 g/mol. The number of ether oxygens (including phenoxy) is 2. The number of hydrogen-bond donors (Lipinski definition) is 2. The molecular formula is C12H18N2O3. The first-order chi connectivity index (χ1) is 8.19. The summed E-state index contributed by atoms with van der Waals surface area (Å²) in [6.07, 6.45) is 1.28. The van der Waals surface area contributed by atoms with E-state index in [-0.39, 0.29) is 5.97 Å². The van der Waals surface area contributed by atoms with Crippen molar-refractivity contribution < 1.29 is 14.3 Å². The predicted octanol–water partition coefficient (Wildman–Crippen LogP) is 1.50. The van der Waals surface area contributed by atoms with Crippen molar-refractivity contribution in [2.24, 2.45) is 0 Å². The zero-order valence-corrected chi connectivity index (χ0v) is 10.2. The minimum Gasteiger partial charge on any atom is -0.465 e. The van der Waals surface area contributed by atoms with Gasteiger partial charge >= 0.3 is 5.97 Å². The molecule has 5 nitrogen and oxygen atoms in total. The Morgan fingerprint density at radius 3 is 2.47 bits per heavy atom. The van der Waals surface area contributed by atoms with Gasteiger partial charge in [-0.1, -0.05) is 0 Å². The summed E-state index contributed by atoms with van der Waals surface area (Å²) in [6.45, 7) is 2.00. The van der Waals surface area contributed by atoms with Gasteiger partial charge < -0.3 is 20.5 Å². The van der Waals surface area contributed by atoms with Crippen LogP contribution in [0.5, 0.6) is 0 Å². The number of methoxy groups -OCH3 is 1. The first-order valence-corrected chi connectivity index (χ1v) is 5.42. The number of nitrogen functional groups attached to an aromatic ring is 1. The molecule has 1 fully saturated rings. The Morgan fingerprint density at radius 1 is 1.47 bits per heavy atom. The summed E-state index contributed by atoms with van der Waals surface area (Å²) in [5, 5.41) is 2.88. The molecule has 0 aromatic heterocycles. The van der Waals surface area contributed by atoms with Gasteiger partial charge in [-0.2, -0.15) is 0 Å². The highest BCUT2D eigenvalue weighted by Gasteiger charge is 2.06. The summed E-state index contributed by atoms with van der Waals surface area (Å²) in [5.41, 5.74) is 7.45. The molecule has 1 aliphatic heterocycles. The lowest BCUT2D eigenvalue weighted by molar-refractivity contribution is 0.0367. The highest BCUT2D eigenvalue weighted by molar-refractivity contribution is 5.91. The van der Waals surface area contributed by atoms with E-state index in [1.54, 1.807) is 25.2 Å². The second kappa shape index (κ2) is 6.75. The van der Waals surface area contributed by atoms with Crippen LogP contribution in [0.4, 0.5) is 11.4 Å². The second-order valence-electron chi connectivity index (χ2n) is 3.51. The van der Waals surface area contributed by atoms with Crippen LogP contribution in [-0.2, 0) is 9.47 Å². The van der Waals surface area contributed by atoms with E-state index in [2.05, 4.69) is 10.1 Å². The Balaban J connectivity index is 0.000000302. The first kappa shape index (κ1) is 13.3. The quantitative estimate of drug-likeness (QED) is 0.603. The van der Waals surface area contributed by atoms with Crippen LogP contribution in [0.25, 0.3) is 0 Å². The first-order valence-electron chi connectivity index (χ1n) is 5.42. The highest BCUT2D eigenvalue weighted by atomic mass is 16.5. The van der Waals surface area contributed by atoms with Crippen molar-refractivity contribution in [3.05, 3.63) is 23.8 Å². The lowest BCUT2D eigenvalue weighted by Crippen LogP contribution is -2.09. The minimum absolute atomic E-state index is 0.364. The topological polar surface area (TPSA) is 73.6 Å². The normalized spacial score (nSPS) is 12.8. The molecule has 1 heterocycles. The number of carbonyl (C=O) groups excluding carboxylic acids is 1. The van der Waals surface area contributed by atoms with Crippen LogP contribution in [0.1, 0.15) is 16.8 Å². The van der Waals surface area contributed by atoms with Crippen molar-refractivity contribution >= 4 is 17.3 Å². The molecule has 0 atom stereocenters. The number of anilines is 2. The van der Waals surface area contributed by atoms with Crippen molar-refractivity contribution in [2.45, 2.75) is 6.42 Å². The number of hydrogen-bond acceptors (Lipinski definition) is 5. The summed E-state index contributed by atoms with van der Waals surface area (Å²) in [7, 11) is 3.09. The van der Waals surface area contributed by atoms with Gasteiger partial charge in [0.15, 0.2) is 0 Å². The maximum absolute atomic E-state index is 11.1. The summed E-state index contributed by atoms with van der Waals surface area (Å²) in [5.74, 6) is -0.364. The third-order valence-corrected chi connectivity index (χ3v) is 2.32. The van der Waals surface area contributed by atoms with Gasteiger partial charge in [-0.05, 0) is 24.6 Å². The molecule has 3 N–H and O–H groups in total. The Bertz CT molecular complexity index is 372. The maximum Gasteiger partial charge on any atom is 0.337 e. The molecule has 17 heavy (non-hydrogen) atoms. The molecule has 94 valence electrons. The predicted molar refractivity (Wildman–Crippen MR) is 67.2 cm³/mol. The van der Waals surface area contributed by atoms with Crippen molar-refractivity contribution in [3.63, 3.8) is 0 Å². The maximum atomic E-state index is 11.1. The Hall–Kier alpha value is -1.75. The van der Waals surface area contributed by atoms with Gasteiger partial charge in [-0.3, -0.25) is 0 Å². The zero-order chi connectivity index (χ0) is 12.7. The van der Waals surface area contributed by atoms with Crippen molar-refractivity contribution in [1.29, 1.82) is 0 Å². The fraction of sp³-hybridized carbons (Fsp3) is 0.417. The number of benzene rings is 1. The van der Waals surface area contributed by atoms with Crippen LogP contribution in [-0.4, -0.2) is 33.3 Å². The van der Waals surface area contributed by atoms with Gasteiger partial charge in [0.05, 0.1) is 24.0 Å². The van der Waals surface area contributed by atoms with Crippen LogP contribution < -0.4 is 11.1 Å². The van der Waals surface area contributed by atoms with E-state index >= 15 is 0 Å². The van der Waals surface area contributed by atoms with Crippen molar-refractivity contribution in [2.75, 3.05) is 38.4 Å². The number of rotatable bonds is 2. The van der Waals surface area contributed by atoms with E-state index in [1.807, 2.05) is 0 Å². The third-order valence-electron chi connectivity index (χ3n) is 2.32. The Labute approximate surface area is 101 Å². The SMILES string of the molecule is C1COC1.CNc1cc(C(=O)OC)ccc1N. The highest BCUT2D eigenvalue weighted by Crippen LogP contribution is 2.19. The lowest BCUT2D eigenvalue weighted by atomic mass is 10.2. The van der Waals surface area contributed by atoms with Crippen LogP contribution >= 0.6 is 0 Å². The van der Waals surface area contributed by atoms with Crippen LogP contribution in [0.15, 0.2) is 18.2 Å². The number of nitrogens with two attached hydrogens (primary N) is 1.